The van der Waals surface area contributed by atoms with E-state index in [1.807, 2.05) is 18.2 Å². The molecule has 0 saturated carbocycles. The molecule has 0 aliphatic carbocycles. The number of ether oxygens (including phenoxy) is 2. The Kier molecular flexibility index (Phi) is 4.90. The van der Waals surface area contributed by atoms with Gasteiger partial charge in [0.1, 0.15) is 0 Å². The number of nitrogens with zero attached hydrogens (tertiary/aromatic N) is 1. The molecule has 4 rings (SSSR count). The van der Waals surface area contributed by atoms with Gasteiger partial charge in [-0.1, -0.05) is 30.3 Å². The van der Waals surface area contributed by atoms with Crippen molar-refractivity contribution in [1.82, 2.24) is 4.98 Å². The molecule has 8 nitrogen and oxygen atoms in total. The number of pyridine rings is 1. The molecule has 0 atom stereocenters. The number of nitrogens with two attached hydrogens (primary N) is 1. The van der Waals surface area contributed by atoms with Gasteiger partial charge in [0.2, 0.25) is 5.91 Å². The first-order valence-electron chi connectivity index (χ1n) is 9.47. The number of hydrogen-bond acceptors (Lipinski definition) is 7. The first-order chi connectivity index (χ1) is 14.7. The lowest BCUT2D eigenvalue weighted by Crippen LogP contribution is -2.42. The third-order valence-electron chi connectivity index (χ3n) is 4.66. The smallest absolute Gasteiger partial charge is 0.350 e. The summed E-state index contributed by atoms with van der Waals surface area (Å²) in [6.45, 7) is 2.96. The number of hydrogen-bond donors (Lipinski definition) is 2. The molecule has 3 aromatic rings. The number of aromatic nitrogens is 1. The monoisotopic (exact) mass is 417 g/mol. The Morgan fingerprint density at radius 3 is 2.32 bits per heavy atom. The van der Waals surface area contributed by atoms with Gasteiger partial charge in [-0.25, -0.2) is 14.6 Å². The molecule has 8 heteroatoms. The summed E-state index contributed by atoms with van der Waals surface area (Å²) in [4.78, 5) is 40.5. The van der Waals surface area contributed by atoms with Crippen LogP contribution >= 0.6 is 0 Å². The van der Waals surface area contributed by atoms with Crippen molar-refractivity contribution in [3.8, 4) is 11.3 Å². The fraction of sp³-hybridized carbons (Fsp3) is 0.130. The van der Waals surface area contributed by atoms with Crippen LogP contribution in [0.1, 0.15) is 24.2 Å². The van der Waals surface area contributed by atoms with Crippen molar-refractivity contribution in [2.24, 2.45) is 5.73 Å². The third-order valence-corrected chi connectivity index (χ3v) is 4.66. The van der Waals surface area contributed by atoms with E-state index in [4.69, 9.17) is 15.2 Å². The lowest BCUT2D eigenvalue weighted by atomic mass is 10.0. The van der Waals surface area contributed by atoms with Crippen molar-refractivity contribution in [2.75, 3.05) is 5.32 Å². The maximum absolute atomic E-state index is 12.0. The molecule has 1 aliphatic rings. The molecule has 0 radical (unpaired) electrons. The van der Waals surface area contributed by atoms with Gasteiger partial charge in [0.15, 0.2) is 5.57 Å². The van der Waals surface area contributed by atoms with Gasteiger partial charge in [-0.05, 0) is 24.3 Å². The fourth-order valence-corrected chi connectivity index (χ4v) is 3.20. The Bertz CT molecular complexity index is 1220. The minimum Gasteiger partial charge on any atom is -0.419 e. The maximum atomic E-state index is 12.0. The zero-order valence-electron chi connectivity index (χ0n) is 16.8. The van der Waals surface area contributed by atoms with E-state index in [0.717, 1.165) is 5.56 Å². The highest BCUT2D eigenvalue weighted by molar-refractivity contribution is 6.15. The summed E-state index contributed by atoms with van der Waals surface area (Å²) in [6.07, 6.45) is 1.24. The van der Waals surface area contributed by atoms with Crippen LogP contribution in [0, 0.1) is 0 Å². The Labute approximate surface area is 177 Å². The minimum atomic E-state index is -1.29. The van der Waals surface area contributed by atoms with Crippen molar-refractivity contribution in [1.29, 1.82) is 0 Å². The van der Waals surface area contributed by atoms with E-state index in [0.29, 0.717) is 27.8 Å². The zero-order chi connectivity index (χ0) is 22.2. The summed E-state index contributed by atoms with van der Waals surface area (Å²) in [6, 6.07) is 16.0. The molecule has 1 saturated heterocycles. The largest absolute Gasteiger partial charge is 0.419 e. The van der Waals surface area contributed by atoms with Gasteiger partial charge >= 0.3 is 11.9 Å². The standard InChI is InChI=1S/C23H19N3O5/c1-23(2)30-21(28)17(22(29)31-23)12-25-14-9-7-13(8-10-14)19-11-16(20(24)27)15-5-3-4-6-18(15)26-19/h3-12,25H,1-2H3,(H2,24,27). The van der Waals surface area contributed by atoms with Gasteiger partial charge in [-0.2, -0.15) is 0 Å². The average Bonchev–Trinajstić information content (AvgIpc) is 2.72. The number of benzene rings is 2. The number of carbonyl (C=O) groups is 3. The zero-order valence-corrected chi connectivity index (χ0v) is 16.8. The first-order valence-corrected chi connectivity index (χ1v) is 9.47. The molecular formula is C23H19N3O5. The minimum absolute atomic E-state index is 0.231. The van der Waals surface area contributed by atoms with E-state index >= 15 is 0 Å². The Balaban J connectivity index is 1.59. The lowest BCUT2D eigenvalue weighted by Gasteiger charge is -2.29. The van der Waals surface area contributed by atoms with Gasteiger partial charge in [0, 0.05) is 36.7 Å². The molecule has 1 aromatic heterocycles. The van der Waals surface area contributed by atoms with Crippen LogP contribution in [-0.2, 0) is 19.1 Å². The van der Waals surface area contributed by atoms with Crippen LogP contribution < -0.4 is 11.1 Å². The highest BCUT2D eigenvalue weighted by Crippen LogP contribution is 2.26. The summed E-state index contributed by atoms with van der Waals surface area (Å²) < 4.78 is 10.1. The van der Waals surface area contributed by atoms with E-state index in [-0.39, 0.29) is 5.57 Å². The maximum Gasteiger partial charge on any atom is 0.350 e. The molecule has 31 heavy (non-hydrogen) atoms. The summed E-state index contributed by atoms with van der Waals surface area (Å²) in [5, 5.41) is 3.57. The number of amides is 1. The number of carbonyl (C=O) groups excluding carboxylic acids is 3. The number of primary amides is 1. The fourth-order valence-electron chi connectivity index (χ4n) is 3.20. The summed E-state index contributed by atoms with van der Waals surface area (Å²) in [5.74, 6) is -3.34. The quantitative estimate of drug-likeness (QED) is 0.380. The number of nitrogens with one attached hydrogen (secondary N) is 1. The molecule has 156 valence electrons. The number of para-hydroxylation sites is 1. The van der Waals surface area contributed by atoms with Crippen LogP contribution in [0.25, 0.3) is 22.2 Å². The van der Waals surface area contributed by atoms with Crippen molar-refractivity contribution in [3.05, 3.63) is 71.9 Å². The van der Waals surface area contributed by atoms with Gasteiger partial charge in [-0.15, -0.1) is 0 Å². The van der Waals surface area contributed by atoms with Crippen molar-refractivity contribution < 1.29 is 23.9 Å². The van der Waals surface area contributed by atoms with Gasteiger partial charge in [-0.3, -0.25) is 4.79 Å². The molecule has 3 N–H and O–H groups in total. The van der Waals surface area contributed by atoms with Crippen molar-refractivity contribution in [3.63, 3.8) is 0 Å². The van der Waals surface area contributed by atoms with Crippen LogP contribution in [0.3, 0.4) is 0 Å². The summed E-state index contributed by atoms with van der Waals surface area (Å²) in [5.41, 5.74) is 8.36. The second-order valence-corrected chi connectivity index (χ2v) is 7.40. The second kappa shape index (κ2) is 7.56. The Morgan fingerprint density at radius 2 is 1.68 bits per heavy atom. The molecule has 0 unspecified atom stereocenters. The summed E-state index contributed by atoms with van der Waals surface area (Å²) in [7, 11) is 0. The van der Waals surface area contributed by atoms with E-state index < -0.39 is 23.6 Å². The van der Waals surface area contributed by atoms with Crippen molar-refractivity contribution >= 4 is 34.4 Å². The van der Waals surface area contributed by atoms with E-state index in [1.165, 1.54) is 20.0 Å². The number of anilines is 1. The highest BCUT2D eigenvalue weighted by Gasteiger charge is 2.38. The van der Waals surface area contributed by atoms with Crippen LogP contribution in [-0.4, -0.2) is 28.6 Å². The van der Waals surface area contributed by atoms with Gasteiger partial charge in [0.25, 0.3) is 5.79 Å². The van der Waals surface area contributed by atoms with Crippen LogP contribution in [0.2, 0.25) is 0 Å². The lowest BCUT2D eigenvalue weighted by molar-refractivity contribution is -0.222. The molecule has 1 aliphatic heterocycles. The second-order valence-electron chi connectivity index (χ2n) is 7.40. The predicted molar refractivity (Wildman–Crippen MR) is 114 cm³/mol. The molecule has 1 fully saturated rings. The van der Waals surface area contributed by atoms with E-state index in [9.17, 15) is 14.4 Å². The van der Waals surface area contributed by atoms with E-state index in [2.05, 4.69) is 10.3 Å². The van der Waals surface area contributed by atoms with Crippen molar-refractivity contribution in [2.45, 2.75) is 19.6 Å². The molecule has 1 amide bonds. The highest BCUT2D eigenvalue weighted by atomic mass is 16.7. The molecule has 2 heterocycles. The molecule has 2 aromatic carbocycles. The average molecular weight is 417 g/mol. The Hall–Kier alpha value is -4.20. The van der Waals surface area contributed by atoms with E-state index in [1.54, 1.807) is 36.4 Å². The van der Waals surface area contributed by atoms with Gasteiger partial charge < -0.3 is 20.5 Å². The third kappa shape index (κ3) is 4.09. The SMILES string of the molecule is CC1(C)OC(=O)C(=CNc2ccc(-c3cc(C(N)=O)c4ccccc4n3)cc2)C(=O)O1. The van der Waals surface area contributed by atoms with Crippen LogP contribution in [0.15, 0.2) is 66.4 Å². The number of cyclic esters (lactones) is 2. The first kappa shape index (κ1) is 20.1. The van der Waals surface area contributed by atoms with Crippen LogP contribution in [0.5, 0.6) is 0 Å². The number of rotatable bonds is 4. The van der Waals surface area contributed by atoms with Gasteiger partial charge in [0.05, 0.1) is 16.8 Å². The number of fused-ring (bicyclic) bond motifs is 1. The molecule has 0 spiro atoms. The topological polar surface area (TPSA) is 121 Å². The number of esters is 2. The normalized spacial score (nSPS) is 15.2. The Morgan fingerprint density at radius 1 is 1.03 bits per heavy atom. The summed E-state index contributed by atoms with van der Waals surface area (Å²) >= 11 is 0. The van der Waals surface area contributed by atoms with Crippen LogP contribution in [0.4, 0.5) is 5.69 Å². The predicted octanol–water partition coefficient (Wildman–Crippen LogP) is 3.13. The molecular weight excluding hydrogens is 398 g/mol. The molecule has 0 bridgehead atoms.